The summed E-state index contributed by atoms with van der Waals surface area (Å²) >= 11 is 0. The number of rotatable bonds is 7. The first-order valence-corrected chi connectivity index (χ1v) is 9.96. The lowest BCUT2D eigenvalue weighted by molar-refractivity contribution is 0.203. The van der Waals surface area contributed by atoms with Gasteiger partial charge in [-0.3, -0.25) is 4.90 Å². The van der Waals surface area contributed by atoms with E-state index < -0.39 is 0 Å². The molecule has 2 heteroatoms. The minimum atomic E-state index is -0.0576. The third kappa shape index (κ3) is 4.74. The van der Waals surface area contributed by atoms with Gasteiger partial charge in [0.2, 0.25) is 0 Å². The van der Waals surface area contributed by atoms with Crippen LogP contribution in [0, 0.1) is 0 Å². The van der Waals surface area contributed by atoms with Gasteiger partial charge in [0, 0.05) is 18.7 Å². The fraction of sp³-hybridized carbons (Fsp3) is 0.111. The fourth-order valence-corrected chi connectivity index (χ4v) is 3.82. The lowest BCUT2D eigenvalue weighted by Crippen LogP contribution is -2.29. The molecule has 0 saturated carbocycles. The molecular formula is C27H25NO. The molecule has 0 aliphatic carbocycles. The molecule has 1 atom stereocenters. The van der Waals surface area contributed by atoms with Gasteiger partial charge < -0.3 is 5.11 Å². The normalized spacial score (nSPS) is 12.0. The lowest BCUT2D eigenvalue weighted by Gasteiger charge is -2.33. The predicted octanol–water partition coefficient (Wildman–Crippen LogP) is 6.18. The number of benzene rings is 4. The molecule has 0 fully saturated rings. The van der Waals surface area contributed by atoms with E-state index >= 15 is 0 Å². The Labute approximate surface area is 172 Å². The third-order valence-electron chi connectivity index (χ3n) is 5.17. The average molecular weight is 380 g/mol. The molecule has 4 aromatic rings. The molecule has 2 nitrogen and oxygen atoms in total. The van der Waals surface area contributed by atoms with Crippen LogP contribution in [0.1, 0.15) is 28.3 Å². The van der Waals surface area contributed by atoms with E-state index in [1.54, 1.807) is 6.07 Å². The van der Waals surface area contributed by atoms with Gasteiger partial charge in [0.1, 0.15) is 5.75 Å². The van der Waals surface area contributed by atoms with Crippen molar-refractivity contribution in [3.63, 3.8) is 0 Å². The highest BCUT2D eigenvalue weighted by Crippen LogP contribution is 2.36. The summed E-state index contributed by atoms with van der Waals surface area (Å²) in [4.78, 5) is 2.43. The Morgan fingerprint density at radius 2 is 1.00 bits per heavy atom. The first-order valence-electron chi connectivity index (χ1n) is 9.96. The highest BCUT2D eigenvalue weighted by Gasteiger charge is 2.25. The topological polar surface area (TPSA) is 23.5 Å². The van der Waals surface area contributed by atoms with Crippen molar-refractivity contribution in [2.75, 3.05) is 0 Å². The number of nitrogens with zero attached hydrogens (tertiary/aromatic N) is 1. The summed E-state index contributed by atoms with van der Waals surface area (Å²) in [6, 6.07) is 39.1. The van der Waals surface area contributed by atoms with E-state index in [0.29, 0.717) is 5.75 Å². The van der Waals surface area contributed by atoms with Gasteiger partial charge in [0.15, 0.2) is 0 Å². The molecule has 0 radical (unpaired) electrons. The Balaban J connectivity index is 1.79. The van der Waals surface area contributed by atoms with Crippen molar-refractivity contribution in [2.24, 2.45) is 0 Å². The maximum absolute atomic E-state index is 10.7. The zero-order valence-electron chi connectivity index (χ0n) is 16.4. The maximum atomic E-state index is 10.7. The summed E-state index contributed by atoms with van der Waals surface area (Å²) in [5, 5.41) is 10.7. The van der Waals surface area contributed by atoms with E-state index in [-0.39, 0.29) is 6.04 Å². The molecule has 4 rings (SSSR count). The SMILES string of the molecule is Oc1ccccc1C(c1ccccc1)N(Cc1ccccc1)Cc1ccccc1. The van der Waals surface area contributed by atoms with Crippen molar-refractivity contribution in [1.29, 1.82) is 0 Å². The van der Waals surface area contributed by atoms with E-state index in [9.17, 15) is 5.11 Å². The molecule has 4 aromatic carbocycles. The van der Waals surface area contributed by atoms with Crippen LogP contribution in [0.3, 0.4) is 0 Å². The number of hydrogen-bond donors (Lipinski definition) is 1. The quantitative estimate of drug-likeness (QED) is 0.414. The van der Waals surface area contributed by atoms with Crippen molar-refractivity contribution in [3.05, 3.63) is 138 Å². The fourth-order valence-electron chi connectivity index (χ4n) is 3.82. The van der Waals surface area contributed by atoms with Crippen LogP contribution in [-0.4, -0.2) is 10.0 Å². The number of phenols is 1. The minimum Gasteiger partial charge on any atom is -0.508 e. The van der Waals surface area contributed by atoms with Crippen LogP contribution in [0.2, 0.25) is 0 Å². The molecule has 1 N–H and O–H groups in total. The van der Waals surface area contributed by atoms with Crippen LogP contribution < -0.4 is 0 Å². The molecule has 0 aromatic heterocycles. The van der Waals surface area contributed by atoms with Gasteiger partial charge in [-0.1, -0.05) is 109 Å². The molecular weight excluding hydrogens is 354 g/mol. The van der Waals surface area contributed by atoms with E-state index in [4.69, 9.17) is 0 Å². The highest BCUT2D eigenvalue weighted by atomic mass is 16.3. The van der Waals surface area contributed by atoms with Gasteiger partial charge in [0.05, 0.1) is 6.04 Å². The van der Waals surface area contributed by atoms with Crippen LogP contribution in [0.5, 0.6) is 5.75 Å². The summed E-state index contributed by atoms with van der Waals surface area (Å²) < 4.78 is 0. The number of hydrogen-bond acceptors (Lipinski definition) is 2. The van der Waals surface area contributed by atoms with E-state index in [1.165, 1.54) is 16.7 Å². The second-order valence-corrected chi connectivity index (χ2v) is 7.25. The Bertz CT molecular complexity index is 974. The van der Waals surface area contributed by atoms with Crippen molar-refractivity contribution >= 4 is 0 Å². The second-order valence-electron chi connectivity index (χ2n) is 7.25. The zero-order valence-corrected chi connectivity index (χ0v) is 16.4. The molecule has 144 valence electrons. The van der Waals surface area contributed by atoms with Crippen LogP contribution in [-0.2, 0) is 13.1 Å². The van der Waals surface area contributed by atoms with Gasteiger partial charge >= 0.3 is 0 Å². The van der Waals surface area contributed by atoms with Crippen molar-refractivity contribution in [3.8, 4) is 5.75 Å². The molecule has 0 aliphatic rings. The van der Waals surface area contributed by atoms with Crippen molar-refractivity contribution < 1.29 is 5.11 Å². The Morgan fingerprint density at radius 1 is 0.552 bits per heavy atom. The van der Waals surface area contributed by atoms with Crippen molar-refractivity contribution in [2.45, 2.75) is 19.1 Å². The number of phenolic OH excluding ortho intramolecular Hbond substituents is 1. The van der Waals surface area contributed by atoms with Gasteiger partial charge in [-0.25, -0.2) is 0 Å². The lowest BCUT2D eigenvalue weighted by atomic mass is 9.95. The molecule has 29 heavy (non-hydrogen) atoms. The van der Waals surface area contributed by atoms with Crippen LogP contribution in [0.15, 0.2) is 115 Å². The summed E-state index contributed by atoms with van der Waals surface area (Å²) in [6.07, 6.45) is 0. The van der Waals surface area contributed by atoms with Crippen LogP contribution >= 0.6 is 0 Å². The average Bonchev–Trinajstić information content (AvgIpc) is 2.77. The molecule has 0 heterocycles. The molecule has 0 amide bonds. The summed E-state index contributed by atoms with van der Waals surface area (Å²) in [6.45, 7) is 1.56. The standard InChI is InChI=1S/C27H25NO/c29-26-19-11-10-18-25(26)27(24-16-8-3-9-17-24)28(20-22-12-4-1-5-13-22)21-23-14-6-2-7-15-23/h1-19,27,29H,20-21H2. The van der Waals surface area contributed by atoms with E-state index in [2.05, 4.69) is 77.7 Å². The first-order chi connectivity index (χ1) is 14.3. The van der Waals surface area contributed by atoms with Gasteiger partial charge in [-0.15, -0.1) is 0 Å². The smallest absolute Gasteiger partial charge is 0.120 e. The van der Waals surface area contributed by atoms with Gasteiger partial charge in [-0.05, 0) is 22.8 Å². The second kappa shape index (κ2) is 9.22. The van der Waals surface area contributed by atoms with Gasteiger partial charge in [0.25, 0.3) is 0 Å². The third-order valence-corrected chi connectivity index (χ3v) is 5.17. The Hall–Kier alpha value is -3.36. The Morgan fingerprint density at radius 3 is 1.52 bits per heavy atom. The van der Waals surface area contributed by atoms with E-state index in [1.807, 2.05) is 36.4 Å². The monoisotopic (exact) mass is 379 g/mol. The molecule has 0 spiro atoms. The zero-order chi connectivity index (χ0) is 19.9. The summed E-state index contributed by atoms with van der Waals surface area (Å²) in [7, 11) is 0. The van der Waals surface area contributed by atoms with Crippen LogP contribution in [0.25, 0.3) is 0 Å². The minimum absolute atomic E-state index is 0.0576. The molecule has 1 unspecified atom stereocenters. The van der Waals surface area contributed by atoms with Crippen molar-refractivity contribution in [1.82, 2.24) is 4.90 Å². The largest absolute Gasteiger partial charge is 0.508 e. The molecule has 0 bridgehead atoms. The molecule has 0 saturated heterocycles. The summed E-state index contributed by atoms with van der Waals surface area (Å²) in [5.41, 5.74) is 4.59. The Kier molecular flexibility index (Phi) is 6.04. The summed E-state index contributed by atoms with van der Waals surface area (Å²) in [5.74, 6) is 0.326. The highest BCUT2D eigenvalue weighted by molar-refractivity contribution is 5.41. The number of aromatic hydroxyl groups is 1. The predicted molar refractivity (Wildman–Crippen MR) is 119 cm³/mol. The van der Waals surface area contributed by atoms with Gasteiger partial charge in [-0.2, -0.15) is 0 Å². The number of para-hydroxylation sites is 1. The maximum Gasteiger partial charge on any atom is 0.120 e. The van der Waals surface area contributed by atoms with E-state index in [0.717, 1.165) is 18.7 Å². The van der Waals surface area contributed by atoms with Crippen LogP contribution in [0.4, 0.5) is 0 Å². The molecule has 0 aliphatic heterocycles. The first kappa shape index (κ1) is 19.0.